The van der Waals surface area contributed by atoms with Crippen LogP contribution < -0.4 is 5.32 Å². The van der Waals surface area contributed by atoms with Gasteiger partial charge in [0.2, 0.25) is 0 Å². The van der Waals surface area contributed by atoms with E-state index in [1.54, 1.807) is 0 Å². The summed E-state index contributed by atoms with van der Waals surface area (Å²) >= 11 is 0. The van der Waals surface area contributed by atoms with E-state index in [9.17, 15) is 0 Å². The highest BCUT2D eigenvalue weighted by molar-refractivity contribution is 4.87. The standard InChI is InChI=1S/C15H31NO/c1-5-11-16-14(15(17-4)12(2)3)13-9-7-6-8-10-13/h12-16H,5-11H2,1-4H3. The molecule has 0 bridgehead atoms. The molecule has 1 aliphatic rings. The summed E-state index contributed by atoms with van der Waals surface area (Å²) in [6, 6.07) is 0.556. The summed E-state index contributed by atoms with van der Waals surface area (Å²) in [6.45, 7) is 7.91. The topological polar surface area (TPSA) is 21.3 Å². The third-order valence-electron chi connectivity index (χ3n) is 4.07. The Labute approximate surface area is 108 Å². The van der Waals surface area contributed by atoms with Crippen LogP contribution in [-0.4, -0.2) is 25.8 Å². The van der Waals surface area contributed by atoms with Crippen LogP contribution in [0.15, 0.2) is 0 Å². The first-order valence-corrected chi connectivity index (χ1v) is 7.46. The van der Waals surface area contributed by atoms with Gasteiger partial charge in [-0.05, 0) is 37.6 Å². The molecule has 0 aromatic rings. The SMILES string of the molecule is CCCNC(C1CCCCC1)C(OC)C(C)C. The lowest BCUT2D eigenvalue weighted by Crippen LogP contribution is -2.49. The van der Waals surface area contributed by atoms with E-state index in [1.165, 1.54) is 38.5 Å². The van der Waals surface area contributed by atoms with Gasteiger partial charge in [-0.3, -0.25) is 0 Å². The van der Waals surface area contributed by atoms with Gasteiger partial charge >= 0.3 is 0 Å². The molecular formula is C15H31NO. The van der Waals surface area contributed by atoms with Crippen molar-refractivity contribution in [3.63, 3.8) is 0 Å². The van der Waals surface area contributed by atoms with Crippen LogP contribution in [0.2, 0.25) is 0 Å². The van der Waals surface area contributed by atoms with Gasteiger partial charge in [-0.2, -0.15) is 0 Å². The predicted octanol–water partition coefficient (Wildman–Crippen LogP) is 3.61. The van der Waals surface area contributed by atoms with Crippen LogP contribution in [-0.2, 0) is 4.74 Å². The molecule has 2 unspecified atom stereocenters. The molecule has 1 N–H and O–H groups in total. The lowest BCUT2D eigenvalue weighted by Gasteiger charge is -2.37. The number of hydrogen-bond acceptors (Lipinski definition) is 2. The highest BCUT2D eigenvalue weighted by Crippen LogP contribution is 2.30. The molecule has 0 aromatic carbocycles. The van der Waals surface area contributed by atoms with Crippen molar-refractivity contribution in [3.05, 3.63) is 0 Å². The Morgan fingerprint density at radius 1 is 1.18 bits per heavy atom. The maximum atomic E-state index is 5.76. The Morgan fingerprint density at radius 3 is 2.29 bits per heavy atom. The number of nitrogens with one attached hydrogen (secondary N) is 1. The first kappa shape index (κ1) is 15.0. The van der Waals surface area contributed by atoms with E-state index in [2.05, 4.69) is 26.1 Å². The van der Waals surface area contributed by atoms with Gasteiger partial charge in [-0.15, -0.1) is 0 Å². The van der Waals surface area contributed by atoms with E-state index in [0.717, 1.165) is 12.5 Å². The van der Waals surface area contributed by atoms with Crippen molar-refractivity contribution in [2.24, 2.45) is 11.8 Å². The van der Waals surface area contributed by atoms with E-state index in [4.69, 9.17) is 4.74 Å². The molecule has 0 heterocycles. The Balaban J connectivity index is 2.62. The summed E-state index contributed by atoms with van der Waals surface area (Å²) in [5, 5.41) is 3.75. The molecule has 0 spiro atoms. The maximum Gasteiger partial charge on any atom is 0.0749 e. The number of methoxy groups -OCH3 is 1. The molecule has 0 aliphatic heterocycles. The first-order chi connectivity index (χ1) is 8.20. The molecule has 102 valence electrons. The first-order valence-electron chi connectivity index (χ1n) is 7.46. The molecule has 2 heteroatoms. The molecule has 2 nitrogen and oxygen atoms in total. The minimum Gasteiger partial charge on any atom is -0.380 e. The van der Waals surface area contributed by atoms with E-state index in [0.29, 0.717) is 18.1 Å². The maximum absolute atomic E-state index is 5.76. The fraction of sp³-hybridized carbons (Fsp3) is 1.00. The minimum absolute atomic E-state index is 0.365. The van der Waals surface area contributed by atoms with Crippen LogP contribution in [0.4, 0.5) is 0 Å². The van der Waals surface area contributed by atoms with Crippen molar-refractivity contribution in [1.29, 1.82) is 0 Å². The zero-order valence-corrected chi connectivity index (χ0v) is 12.2. The largest absolute Gasteiger partial charge is 0.380 e. The zero-order valence-electron chi connectivity index (χ0n) is 12.2. The van der Waals surface area contributed by atoms with E-state index >= 15 is 0 Å². The second kappa shape index (κ2) is 8.10. The van der Waals surface area contributed by atoms with Gasteiger partial charge in [0.15, 0.2) is 0 Å². The van der Waals surface area contributed by atoms with Crippen LogP contribution >= 0.6 is 0 Å². The van der Waals surface area contributed by atoms with E-state index < -0.39 is 0 Å². The van der Waals surface area contributed by atoms with Crippen LogP contribution in [0.1, 0.15) is 59.3 Å². The molecule has 1 aliphatic carbocycles. The summed E-state index contributed by atoms with van der Waals surface area (Å²) in [5.74, 6) is 1.42. The fourth-order valence-electron chi connectivity index (χ4n) is 3.19. The summed E-state index contributed by atoms with van der Waals surface area (Å²) in [5.41, 5.74) is 0. The number of hydrogen-bond donors (Lipinski definition) is 1. The quantitative estimate of drug-likeness (QED) is 0.735. The fourth-order valence-corrected chi connectivity index (χ4v) is 3.19. The van der Waals surface area contributed by atoms with Crippen molar-refractivity contribution < 1.29 is 4.74 Å². The molecule has 1 rings (SSSR count). The predicted molar refractivity (Wildman–Crippen MR) is 74.3 cm³/mol. The molecular weight excluding hydrogens is 210 g/mol. The Hall–Kier alpha value is -0.0800. The average molecular weight is 241 g/mol. The van der Waals surface area contributed by atoms with Gasteiger partial charge in [0.05, 0.1) is 6.10 Å². The van der Waals surface area contributed by atoms with Crippen molar-refractivity contribution in [2.75, 3.05) is 13.7 Å². The lowest BCUT2D eigenvalue weighted by atomic mass is 9.79. The second-order valence-electron chi connectivity index (χ2n) is 5.82. The van der Waals surface area contributed by atoms with E-state index in [1.807, 2.05) is 7.11 Å². The molecule has 1 saturated carbocycles. The summed E-state index contributed by atoms with van der Waals surface area (Å²) in [4.78, 5) is 0. The number of ether oxygens (including phenoxy) is 1. The molecule has 0 saturated heterocycles. The minimum atomic E-state index is 0.365. The van der Waals surface area contributed by atoms with Gasteiger partial charge in [0.1, 0.15) is 0 Å². The highest BCUT2D eigenvalue weighted by Gasteiger charge is 2.31. The molecule has 17 heavy (non-hydrogen) atoms. The summed E-state index contributed by atoms with van der Waals surface area (Å²) in [6.07, 6.45) is 8.58. The van der Waals surface area contributed by atoms with Gasteiger partial charge in [-0.1, -0.05) is 40.0 Å². The summed E-state index contributed by atoms with van der Waals surface area (Å²) < 4.78 is 5.76. The second-order valence-corrected chi connectivity index (χ2v) is 5.82. The molecule has 2 atom stereocenters. The smallest absolute Gasteiger partial charge is 0.0749 e. The number of rotatable bonds is 7. The van der Waals surface area contributed by atoms with Gasteiger partial charge in [-0.25, -0.2) is 0 Å². The Morgan fingerprint density at radius 2 is 1.82 bits per heavy atom. The van der Waals surface area contributed by atoms with Crippen molar-refractivity contribution in [2.45, 2.75) is 71.4 Å². The third kappa shape index (κ3) is 4.59. The van der Waals surface area contributed by atoms with Crippen LogP contribution in [0.25, 0.3) is 0 Å². The third-order valence-corrected chi connectivity index (χ3v) is 4.07. The highest BCUT2D eigenvalue weighted by atomic mass is 16.5. The molecule has 1 fully saturated rings. The Bertz CT molecular complexity index is 187. The normalized spacial score (nSPS) is 21.7. The van der Waals surface area contributed by atoms with E-state index in [-0.39, 0.29) is 0 Å². The van der Waals surface area contributed by atoms with Crippen LogP contribution in [0, 0.1) is 11.8 Å². The van der Waals surface area contributed by atoms with Crippen LogP contribution in [0.5, 0.6) is 0 Å². The summed E-state index contributed by atoms with van der Waals surface area (Å²) in [7, 11) is 1.87. The lowest BCUT2D eigenvalue weighted by molar-refractivity contribution is 0.00849. The van der Waals surface area contributed by atoms with Gasteiger partial charge in [0, 0.05) is 13.2 Å². The van der Waals surface area contributed by atoms with Crippen molar-refractivity contribution >= 4 is 0 Å². The van der Waals surface area contributed by atoms with Gasteiger partial charge in [0.25, 0.3) is 0 Å². The monoisotopic (exact) mass is 241 g/mol. The average Bonchev–Trinajstić information content (AvgIpc) is 2.35. The molecule has 0 aromatic heterocycles. The van der Waals surface area contributed by atoms with Gasteiger partial charge < -0.3 is 10.1 Å². The van der Waals surface area contributed by atoms with Crippen molar-refractivity contribution in [1.82, 2.24) is 5.32 Å². The molecule has 0 radical (unpaired) electrons. The zero-order chi connectivity index (χ0) is 12.7. The Kier molecular flexibility index (Phi) is 7.14. The molecule has 0 amide bonds. The van der Waals surface area contributed by atoms with Crippen molar-refractivity contribution in [3.8, 4) is 0 Å². The van der Waals surface area contributed by atoms with Crippen LogP contribution in [0.3, 0.4) is 0 Å².